The van der Waals surface area contributed by atoms with Crippen molar-refractivity contribution >= 4 is 23.6 Å². The lowest BCUT2D eigenvalue weighted by atomic mass is 10.1. The highest BCUT2D eigenvalue weighted by molar-refractivity contribution is 5.98. The molecule has 1 aliphatic heterocycles. The second-order valence-corrected chi connectivity index (χ2v) is 11.3. The van der Waals surface area contributed by atoms with E-state index in [1.165, 1.54) is 30.0 Å². The number of hydrogen-bond donors (Lipinski definition) is 4. The maximum absolute atomic E-state index is 14.4. The van der Waals surface area contributed by atoms with Crippen LogP contribution in [-0.2, 0) is 25.7 Å². The molecular formula is C31H39FN6O7. The van der Waals surface area contributed by atoms with Crippen molar-refractivity contribution in [3.8, 4) is 6.07 Å². The number of nitrogens with one attached hydrogen (secondary N) is 3. The Kier molecular flexibility index (Phi) is 12.3. The normalized spacial score (nSPS) is 16.9. The number of likely N-dealkylation sites (tertiary alicyclic amines) is 1. The van der Waals surface area contributed by atoms with Crippen LogP contribution in [0.4, 0.5) is 4.39 Å². The average molecular weight is 627 g/mol. The van der Waals surface area contributed by atoms with Crippen LogP contribution in [0.1, 0.15) is 54.6 Å². The molecule has 2 heterocycles. The number of rotatable bonds is 13. The molecule has 13 nitrogen and oxygen atoms in total. The largest absolute Gasteiger partial charge is 0.391 e. The first-order chi connectivity index (χ1) is 21.3. The molecule has 242 valence electrons. The van der Waals surface area contributed by atoms with Crippen LogP contribution in [0, 0.1) is 36.9 Å². The van der Waals surface area contributed by atoms with Gasteiger partial charge in [-0.25, -0.2) is 4.39 Å². The molecule has 0 aliphatic carbocycles. The van der Waals surface area contributed by atoms with Gasteiger partial charge in [-0.1, -0.05) is 37.2 Å². The van der Waals surface area contributed by atoms with Gasteiger partial charge in [0.25, 0.3) is 11.8 Å². The van der Waals surface area contributed by atoms with Gasteiger partial charge in [-0.05, 0) is 44.7 Å². The highest BCUT2D eigenvalue weighted by atomic mass is 19.1. The van der Waals surface area contributed by atoms with Crippen molar-refractivity contribution in [3.63, 3.8) is 0 Å². The number of aryl methyl sites for hydroxylation is 2. The number of nitrogens with zero attached hydrogens (tertiary/aromatic N) is 3. The Bertz CT molecular complexity index is 1460. The van der Waals surface area contributed by atoms with E-state index in [0.29, 0.717) is 24.3 Å². The van der Waals surface area contributed by atoms with Crippen LogP contribution in [0.5, 0.6) is 0 Å². The molecule has 0 saturated carbocycles. The summed E-state index contributed by atoms with van der Waals surface area (Å²) < 4.78 is 25.2. The van der Waals surface area contributed by atoms with E-state index in [9.17, 15) is 33.9 Å². The number of hydrogen-bond acceptors (Lipinski definition) is 9. The van der Waals surface area contributed by atoms with E-state index in [2.05, 4.69) is 21.1 Å². The number of halogens is 1. The molecule has 1 saturated heterocycles. The Morgan fingerprint density at radius 2 is 1.93 bits per heavy atom. The fourth-order valence-electron chi connectivity index (χ4n) is 4.58. The van der Waals surface area contributed by atoms with Crippen LogP contribution in [-0.4, -0.2) is 82.8 Å². The van der Waals surface area contributed by atoms with Crippen molar-refractivity contribution in [3.05, 3.63) is 64.3 Å². The number of benzene rings is 1. The number of ether oxygens (including phenoxy) is 1. The zero-order valence-corrected chi connectivity index (χ0v) is 25.9. The second-order valence-electron chi connectivity index (χ2n) is 11.3. The average Bonchev–Trinajstić information content (AvgIpc) is 3.64. The van der Waals surface area contributed by atoms with Gasteiger partial charge in [0, 0.05) is 31.3 Å². The first-order valence-electron chi connectivity index (χ1n) is 14.6. The van der Waals surface area contributed by atoms with Crippen LogP contribution in [0.25, 0.3) is 0 Å². The molecule has 2 aromatic rings. The van der Waals surface area contributed by atoms with Crippen molar-refractivity contribution in [2.24, 2.45) is 5.92 Å². The Morgan fingerprint density at radius 1 is 1.20 bits per heavy atom. The third kappa shape index (κ3) is 9.95. The number of aliphatic hydroxyl groups excluding tert-OH is 1. The minimum absolute atomic E-state index is 0.00447. The third-order valence-corrected chi connectivity index (χ3v) is 6.99. The number of aliphatic hydroxyl groups is 1. The summed E-state index contributed by atoms with van der Waals surface area (Å²) in [5, 5.41) is 30.8. The van der Waals surface area contributed by atoms with E-state index in [4.69, 9.17) is 9.26 Å². The molecule has 45 heavy (non-hydrogen) atoms. The van der Waals surface area contributed by atoms with Crippen LogP contribution in [0.3, 0.4) is 0 Å². The van der Waals surface area contributed by atoms with Crippen LogP contribution < -0.4 is 16.0 Å². The maximum atomic E-state index is 14.4. The van der Waals surface area contributed by atoms with Gasteiger partial charge in [0.05, 0.1) is 18.8 Å². The number of amides is 4. The monoisotopic (exact) mass is 626 g/mol. The van der Waals surface area contributed by atoms with E-state index in [0.717, 1.165) is 0 Å². The molecule has 1 aliphatic rings. The molecule has 0 bridgehead atoms. The van der Waals surface area contributed by atoms with Crippen molar-refractivity contribution < 1.29 is 37.9 Å². The number of allylic oxidation sites excluding steroid dienone is 1. The van der Waals surface area contributed by atoms with E-state index in [1.807, 2.05) is 19.9 Å². The number of carbonyl (C=O) groups is 4. The Hall–Kier alpha value is -4.61. The van der Waals surface area contributed by atoms with Gasteiger partial charge in [0.15, 0.2) is 5.69 Å². The van der Waals surface area contributed by atoms with Gasteiger partial charge in [0.2, 0.25) is 11.8 Å². The molecule has 4 amide bonds. The Morgan fingerprint density at radius 3 is 2.53 bits per heavy atom. The highest BCUT2D eigenvalue weighted by Crippen LogP contribution is 2.17. The number of aromatic nitrogens is 1. The van der Waals surface area contributed by atoms with Crippen LogP contribution in [0.2, 0.25) is 0 Å². The second kappa shape index (κ2) is 15.9. The topological polar surface area (TPSA) is 187 Å². The molecule has 0 spiro atoms. The van der Waals surface area contributed by atoms with E-state index in [1.54, 1.807) is 26.0 Å². The van der Waals surface area contributed by atoms with Gasteiger partial charge < -0.3 is 35.2 Å². The molecule has 4 atom stereocenters. The lowest BCUT2D eigenvalue weighted by molar-refractivity contribution is -0.133. The van der Waals surface area contributed by atoms with Gasteiger partial charge >= 0.3 is 0 Å². The molecule has 1 fully saturated rings. The summed E-state index contributed by atoms with van der Waals surface area (Å²) in [5.41, 5.74) is 0.862. The van der Waals surface area contributed by atoms with Gasteiger partial charge in [-0.3, -0.25) is 19.2 Å². The minimum atomic E-state index is -1.48. The van der Waals surface area contributed by atoms with E-state index >= 15 is 0 Å². The maximum Gasteiger partial charge on any atom is 0.274 e. The Balaban J connectivity index is 1.71. The van der Waals surface area contributed by atoms with Crippen molar-refractivity contribution in [2.75, 3.05) is 19.7 Å². The number of nitriles is 1. The lowest BCUT2D eigenvalue weighted by Gasteiger charge is -2.25. The zero-order chi connectivity index (χ0) is 33.3. The molecule has 0 radical (unpaired) electrons. The predicted octanol–water partition coefficient (Wildman–Crippen LogP) is 1.43. The van der Waals surface area contributed by atoms with Gasteiger partial charge in [0.1, 0.15) is 35.3 Å². The first-order valence-corrected chi connectivity index (χ1v) is 14.6. The molecule has 1 aromatic heterocycles. The summed E-state index contributed by atoms with van der Waals surface area (Å²) >= 11 is 0. The van der Waals surface area contributed by atoms with E-state index < -0.39 is 53.7 Å². The lowest BCUT2D eigenvalue weighted by Crippen LogP contribution is -2.58. The quantitative estimate of drug-likeness (QED) is 0.188. The minimum Gasteiger partial charge on any atom is -0.391 e. The number of carbonyl (C=O) groups excluding carboxylic acids is 4. The van der Waals surface area contributed by atoms with Crippen molar-refractivity contribution in [1.82, 2.24) is 26.0 Å². The fourth-order valence-corrected chi connectivity index (χ4v) is 4.58. The summed E-state index contributed by atoms with van der Waals surface area (Å²) in [6, 6.07) is 5.05. The molecule has 4 N–H and O–H groups in total. The van der Waals surface area contributed by atoms with Gasteiger partial charge in [-0.15, -0.1) is 0 Å². The summed E-state index contributed by atoms with van der Waals surface area (Å²) in [4.78, 5) is 53.4. The van der Waals surface area contributed by atoms with Crippen LogP contribution in [0.15, 0.2) is 40.4 Å². The summed E-state index contributed by atoms with van der Waals surface area (Å²) in [6.45, 7) is 8.29. The standard InChI is InChI=1S/C31H39FN6O7/c1-17(2)10-22(13-33)31(43)38-9-8-23(15-38)44-16-26(28(40)34-14-21-7-6-18(3)11-24(21)32)35-30(42)27(20(5)39)36-29(41)25-12-19(4)45-37-25/h6-7,10-12,17,20,23,26-27,39H,8-9,14-16H2,1-5H3,(H,34,40)(H,35,42)(H,36,41)/t20-,23-,26+,27+/m1/s1. The van der Waals surface area contributed by atoms with Crippen molar-refractivity contribution in [1.29, 1.82) is 5.26 Å². The Labute approximate surface area is 260 Å². The first kappa shape index (κ1) is 34.9. The van der Waals surface area contributed by atoms with E-state index in [-0.39, 0.29) is 42.4 Å². The van der Waals surface area contributed by atoms with Crippen LogP contribution >= 0.6 is 0 Å². The summed E-state index contributed by atoms with van der Waals surface area (Å²) in [6.07, 6.45) is 0.143. The SMILES string of the molecule is Cc1ccc(CNC(=O)[C@H](CO[C@@H]2CCN(C(=O)C(C#N)=CC(C)C)C2)NC(=O)[C@@H](NC(=O)c2cc(C)on2)[C@@H](C)O)c(F)c1. The smallest absolute Gasteiger partial charge is 0.274 e. The van der Waals surface area contributed by atoms with Gasteiger partial charge in [-0.2, -0.15) is 5.26 Å². The molecular weight excluding hydrogens is 587 g/mol. The van der Waals surface area contributed by atoms with Crippen molar-refractivity contribution in [2.45, 2.75) is 71.9 Å². The highest BCUT2D eigenvalue weighted by Gasteiger charge is 2.33. The third-order valence-electron chi connectivity index (χ3n) is 6.99. The summed E-state index contributed by atoms with van der Waals surface area (Å²) in [7, 11) is 0. The fraction of sp³-hybridized carbons (Fsp3) is 0.484. The summed E-state index contributed by atoms with van der Waals surface area (Å²) in [5.74, 6) is -2.93. The molecule has 0 unspecified atom stereocenters. The molecule has 3 rings (SSSR count). The predicted molar refractivity (Wildman–Crippen MR) is 159 cm³/mol. The molecule has 1 aromatic carbocycles. The zero-order valence-electron chi connectivity index (χ0n) is 25.9. The molecule has 14 heteroatoms.